The second-order valence-corrected chi connectivity index (χ2v) is 4.78. The van der Waals surface area contributed by atoms with Crippen LogP contribution in [-0.2, 0) is 6.54 Å². The number of rotatable bonds is 4. The second-order valence-electron chi connectivity index (χ2n) is 3.86. The lowest BCUT2D eigenvalue weighted by Gasteiger charge is -2.10. The summed E-state index contributed by atoms with van der Waals surface area (Å²) in [6.45, 7) is 0.562. The molecule has 18 heavy (non-hydrogen) atoms. The van der Waals surface area contributed by atoms with Crippen molar-refractivity contribution in [1.82, 2.24) is 0 Å². The highest BCUT2D eigenvalue weighted by Crippen LogP contribution is 2.25. The summed E-state index contributed by atoms with van der Waals surface area (Å²) in [6.07, 6.45) is 0. The SMILES string of the molecule is COc1cc(Br)cc(NCc2ccccc2O)c1. The molecule has 2 aromatic rings. The van der Waals surface area contributed by atoms with Gasteiger partial charge in [0.15, 0.2) is 0 Å². The van der Waals surface area contributed by atoms with E-state index in [-0.39, 0.29) is 0 Å². The van der Waals surface area contributed by atoms with Gasteiger partial charge in [0.1, 0.15) is 11.5 Å². The molecule has 0 fully saturated rings. The molecule has 2 rings (SSSR count). The zero-order valence-corrected chi connectivity index (χ0v) is 11.6. The molecule has 2 aromatic carbocycles. The molecule has 0 aliphatic heterocycles. The van der Waals surface area contributed by atoms with Gasteiger partial charge in [-0.15, -0.1) is 0 Å². The predicted octanol–water partition coefficient (Wildman–Crippen LogP) is 3.78. The van der Waals surface area contributed by atoms with Crippen molar-refractivity contribution in [3.63, 3.8) is 0 Å². The van der Waals surface area contributed by atoms with Gasteiger partial charge in [0.25, 0.3) is 0 Å². The standard InChI is InChI=1S/C14H14BrNO2/c1-18-13-7-11(15)6-12(8-13)16-9-10-4-2-3-5-14(10)17/h2-8,16-17H,9H2,1H3. The molecule has 0 heterocycles. The summed E-state index contributed by atoms with van der Waals surface area (Å²) in [5, 5.41) is 12.9. The zero-order chi connectivity index (χ0) is 13.0. The number of nitrogens with one attached hydrogen (secondary N) is 1. The Hall–Kier alpha value is -1.68. The third-order valence-electron chi connectivity index (χ3n) is 2.58. The first-order valence-electron chi connectivity index (χ1n) is 5.54. The molecule has 0 radical (unpaired) electrons. The summed E-state index contributed by atoms with van der Waals surface area (Å²) in [4.78, 5) is 0. The van der Waals surface area contributed by atoms with Crippen molar-refractivity contribution < 1.29 is 9.84 Å². The van der Waals surface area contributed by atoms with Gasteiger partial charge in [-0.3, -0.25) is 0 Å². The van der Waals surface area contributed by atoms with Crippen LogP contribution in [0, 0.1) is 0 Å². The maximum Gasteiger partial charge on any atom is 0.122 e. The summed E-state index contributed by atoms with van der Waals surface area (Å²) in [6, 6.07) is 13.0. The Morgan fingerprint density at radius 3 is 2.72 bits per heavy atom. The molecule has 3 nitrogen and oxygen atoms in total. The highest BCUT2D eigenvalue weighted by molar-refractivity contribution is 9.10. The molecular formula is C14H14BrNO2. The van der Waals surface area contributed by atoms with Crippen LogP contribution in [0.4, 0.5) is 5.69 Å². The molecular weight excluding hydrogens is 294 g/mol. The van der Waals surface area contributed by atoms with Crippen LogP contribution in [0.1, 0.15) is 5.56 Å². The molecule has 4 heteroatoms. The van der Waals surface area contributed by atoms with E-state index in [2.05, 4.69) is 21.2 Å². The maximum absolute atomic E-state index is 9.67. The normalized spacial score (nSPS) is 10.1. The number of benzene rings is 2. The fourth-order valence-electron chi connectivity index (χ4n) is 1.64. The van der Waals surface area contributed by atoms with Crippen LogP contribution < -0.4 is 10.1 Å². The van der Waals surface area contributed by atoms with E-state index in [1.807, 2.05) is 30.3 Å². The number of methoxy groups -OCH3 is 1. The van der Waals surface area contributed by atoms with E-state index >= 15 is 0 Å². The van der Waals surface area contributed by atoms with E-state index in [1.165, 1.54) is 0 Å². The lowest BCUT2D eigenvalue weighted by molar-refractivity contribution is 0.414. The summed E-state index contributed by atoms with van der Waals surface area (Å²) in [7, 11) is 1.63. The largest absolute Gasteiger partial charge is 0.508 e. The van der Waals surface area contributed by atoms with E-state index in [4.69, 9.17) is 4.74 Å². The molecule has 0 aromatic heterocycles. The Kier molecular flexibility index (Phi) is 4.10. The Labute approximate surface area is 115 Å². The minimum absolute atomic E-state index is 0.298. The van der Waals surface area contributed by atoms with Crippen molar-refractivity contribution in [1.29, 1.82) is 0 Å². The zero-order valence-electron chi connectivity index (χ0n) is 9.98. The quantitative estimate of drug-likeness (QED) is 0.903. The minimum Gasteiger partial charge on any atom is -0.508 e. The topological polar surface area (TPSA) is 41.5 Å². The smallest absolute Gasteiger partial charge is 0.122 e. The van der Waals surface area contributed by atoms with E-state index in [0.717, 1.165) is 21.5 Å². The lowest BCUT2D eigenvalue weighted by Crippen LogP contribution is -2.00. The molecule has 2 N–H and O–H groups in total. The van der Waals surface area contributed by atoms with Gasteiger partial charge in [0.2, 0.25) is 0 Å². The van der Waals surface area contributed by atoms with Crippen LogP contribution in [0.3, 0.4) is 0 Å². The fraction of sp³-hybridized carbons (Fsp3) is 0.143. The molecule has 0 spiro atoms. The van der Waals surface area contributed by atoms with Gasteiger partial charge in [-0.25, -0.2) is 0 Å². The highest BCUT2D eigenvalue weighted by Gasteiger charge is 2.02. The number of halogens is 1. The number of para-hydroxylation sites is 1. The summed E-state index contributed by atoms with van der Waals surface area (Å²) in [5.41, 5.74) is 1.79. The van der Waals surface area contributed by atoms with Crippen molar-refractivity contribution in [2.24, 2.45) is 0 Å². The summed E-state index contributed by atoms with van der Waals surface area (Å²) < 4.78 is 6.14. The molecule has 0 unspecified atom stereocenters. The lowest BCUT2D eigenvalue weighted by atomic mass is 10.2. The number of anilines is 1. The monoisotopic (exact) mass is 307 g/mol. The molecule has 94 valence electrons. The van der Waals surface area contributed by atoms with Gasteiger partial charge in [-0.2, -0.15) is 0 Å². The molecule has 0 atom stereocenters. The van der Waals surface area contributed by atoms with Crippen molar-refractivity contribution in [3.05, 3.63) is 52.5 Å². The van der Waals surface area contributed by atoms with Gasteiger partial charge < -0.3 is 15.2 Å². The van der Waals surface area contributed by atoms with E-state index < -0.39 is 0 Å². The maximum atomic E-state index is 9.67. The van der Waals surface area contributed by atoms with Crippen molar-refractivity contribution >= 4 is 21.6 Å². The number of phenolic OH excluding ortho intramolecular Hbond substituents is 1. The van der Waals surface area contributed by atoms with Gasteiger partial charge in [0.05, 0.1) is 7.11 Å². The molecule has 0 saturated carbocycles. The Balaban J connectivity index is 2.11. The number of hydrogen-bond acceptors (Lipinski definition) is 3. The number of ether oxygens (including phenoxy) is 1. The Morgan fingerprint density at radius 1 is 1.22 bits per heavy atom. The average Bonchev–Trinajstić information content (AvgIpc) is 2.37. The first kappa shape index (κ1) is 12.8. The van der Waals surface area contributed by atoms with E-state index in [1.54, 1.807) is 19.2 Å². The van der Waals surface area contributed by atoms with Crippen LogP contribution in [0.15, 0.2) is 46.9 Å². The molecule has 0 bridgehead atoms. The van der Waals surface area contributed by atoms with Crippen LogP contribution in [0.5, 0.6) is 11.5 Å². The molecule has 0 saturated heterocycles. The van der Waals surface area contributed by atoms with Crippen LogP contribution >= 0.6 is 15.9 Å². The van der Waals surface area contributed by atoms with Crippen molar-refractivity contribution in [2.45, 2.75) is 6.54 Å². The van der Waals surface area contributed by atoms with Crippen LogP contribution in [-0.4, -0.2) is 12.2 Å². The van der Waals surface area contributed by atoms with Gasteiger partial charge >= 0.3 is 0 Å². The molecule has 0 aliphatic rings. The van der Waals surface area contributed by atoms with Gasteiger partial charge in [-0.1, -0.05) is 34.1 Å². The summed E-state index contributed by atoms with van der Waals surface area (Å²) in [5.74, 6) is 1.08. The van der Waals surface area contributed by atoms with E-state index in [0.29, 0.717) is 12.3 Å². The third-order valence-corrected chi connectivity index (χ3v) is 3.04. The van der Waals surface area contributed by atoms with Crippen LogP contribution in [0.25, 0.3) is 0 Å². The predicted molar refractivity (Wildman–Crippen MR) is 76.1 cm³/mol. The third kappa shape index (κ3) is 3.17. The average molecular weight is 308 g/mol. The van der Waals surface area contributed by atoms with Gasteiger partial charge in [0, 0.05) is 28.3 Å². The number of aromatic hydroxyl groups is 1. The molecule has 0 aliphatic carbocycles. The minimum atomic E-state index is 0.298. The van der Waals surface area contributed by atoms with Crippen LogP contribution in [0.2, 0.25) is 0 Å². The number of phenols is 1. The Morgan fingerprint density at radius 2 is 2.00 bits per heavy atom. The second kappa shape index (κ2) is 5.78. The van der Waals surface area contributed by atoms with E-state index in [9.17, 15) is 5.11 Å². The number of hydrogen-bond donors (Lipinski definition) is 2. The highest BCUT2D eigenvalue weighted by atomic mass is 79.9. The Bertz CT molecular complexity index is 543. The first-order chi connectivity index (χ1) is 8.69. The van der Waals surface area contributed by atoms with Crippen molar-refractivity contribution in [2.75, 3.05) is 12.4 Å². The first-order valence-corrected chi connectivity index (χ1v) is 6.33. The summed E-state index contributed by atoms with van der Waals surface area (Å²) >= 11 is 3.43. The van der Waals surface area contributed by atoms with Gasteiger partial charge in [-0.05, 0) is 18.2 Å². The fourth-order valence-corrected chi connectivity index (χ4v) is 2.11. The molecule has 0 amide bonds. The van der Waals surface area contributed by atoms with Crippen molar-refractivity contribution in [3.8, 4) is 11.5 Å².